The Bertz CT molecular complexity index is 608. The molecule has 0 saturated heterocycles. The number of aromatic nitrogens is 3. The van der Waals surface area contributed by atoms with Crippen LogP contribution in [0.2, 0.25) is 5.02 Å². The maximum absolute atomic E-state index is 12.6. The molecule has 5 nitrogen and oxygen atoms in total. The highest BCUT2D eigenvalue weighted by atomic mass is 35.5. The molecular formula is C13H14ClN3O2. The summed E-state index contributed by atoms with van der Waals surface area (Å²) in [6, 6.07) is 3.37. The van der Waals surface area contributed by atoms with E-state index in [0.29, 0.717) is 16.3 Å². The van der Waals surface area contributed by atoms with Crippen molar-refractivity contribution < 1.29 is 9.53 Å². The van der Waals surface area contributed by atoms with Crippen LogP contribution >= 0.6 is 11.6 Å². The van der Waals surface area contributed by atoms with E-state index in [2.05, 4.69) is 10.1 Å². The third-order valence-electron chi connectivity index (χ3n) is 2.66. The predicted octanol–water partition coefficient (Wildman–Crippen LogP) is 2.75. The fourth-order valence-electron chi connectivity index (χ4n) is 1.80. The van der Waals surface area contributed by atoms with Crippen LogP contribution < -0.4 is 4.74 Å². The first kappa shape index (κ1) is 13.5. The number of ketones is 1. The standard InChI is InChI=1S/C13H14ClN3O2/c1-8(2)17-11(10(14)7-16-17)12(18)9-5-4-6-15-13(9)19-3/h4-8H,1-3H3. The lowest BCUT2D eigenvalue weighted by Crippen LogP contribution is -2.15. The molecule has 2 aromatic heterocycles. The number of nitrogens with zero attached hydrogens (tertiary/aromatic N) is 3. The lowest BCUT2D eigenvalue weighted by molar-refractivity contribution is 0.102. The van der Waals surface area contributed by atoms with Gasteiger partial charge in [-0.25, -0.2) is 4.98 Å². The highest BCUT2D eigenvalue weighted by Crippen LogP contribution is 2.25. The Morgan fingerprint density at radius 3 is 2.84 bits per heavy atom. The largest absolute Gasteiger partial charge is 0.480 e. The molecule has 0 N–H and O–H groups in total. The Kier molecular flexibility index (Phi) is 3.85. The van der Waals surface area contributed by atoms with E-state index in [9.17, 15) is 4.79 Å². The third-order valence-corrected chi connectivity index (χ3v) is 2.94. The molecular weight excluding hydrogens is 266 g/mol. The van der Waals surface area contributed by atoms with E-state index >= 15 is 0 Å². The number of pyridine rings is 1. The number of rotatable bonds is 4. The average molecular weight is 280 g/mol. The SMILES string of the molecule is COc1ncccc1C(=O)c1c(Cl)cnn1C(C)C. The smallest absolute Gasteiger partial charge is 0.224 e. The zero-order valence-corrected chi connectivity index (χ0v) is 11.7. The Morgan fingerprint density at radius 1 is 1.47 bits per heavy atom. The molecule has 0 saturated carbocycles. The topological polar surface area (TPSA) is 57.0 Å². The van der Waals surface area contributed by atoms with Crippen LogP contribution in [0.15, 0.2) is 24.5 Å². The summed E-state index contributed by atoms with van der Waals surface area (Å²) in [5.74, 6) is 0.0289. The average Bonchev–Trinajstić information content (AvgIpc) is 2.80. The summed E-state index contributed by atoms with van der Waals surface area (Å²) in [5, 5.41) is 4.44. The predicted molar refractivity (Wildman–Crippen MR) is 71.8 cm³/mol. The molecule has 0 atom stereocenters. The van der Waals surface area contributed by atoms with Gasteiger partial charge >= 0.3 is 0 Å². The fraction of sp³-hybridized carbons (Fsp3) is 0.308. The van der Waals surface area contributed by atoms with Gasteiger partial charge in [-0.1, -0.05) is 11.6 Å². The summed E-state index contributed by atoms with van der Waals surface area (Å²) >= 11 is 6.06. The van der Waals surface area contributed by atoms with Crippen molar-refractivity contribution in [2.75, 3.05) is 7.11 Å². The normalized spacial score (nSPS) is 10.8. The number of ether oxygens (including phenoxy) is 1. The minimum absolute atomic E-state index is 0.0362. The highest BCUT2D eigenvalue weighted by molar-refractivity contribution is 6.34. The van der Waals surface area contributed by atoms with Gasteiger partial charge in [0.15, 0.2) is 0 Å². The zero-order chi connectivity index (χ0) is 14.0. The summed E-state index contributed by atoms with van der Waals surface area (Å²) in [6.45, 7) is 3.86. The van der Waals surface area contributed by atoms with E-state index in [1.54, 1.807) is 23.0 Å². The third kappa shape index (κ3) is 2.46. The van der Waals surface area contributed by atoms with E-state index in [-0.39, 0.29) is 17.7 Å². The Balaban J connectivity index is 2.53. The Labute approximate surface area is 116 Å². The summed E-state index contributed by atoms with van der Waals surface area (Å²) in [7, 11) is 1.47. The summed E-state index contributed by atoms with van der Waals surface area (Å²) in [5.41, 5.74) is 0.720. The maximum atomic E-state index is 12.6. The van der Waals surface area contributed by atoms with Crippen LogP contribution in [0.1, 0.15) is 35.9 Å². The summed E-state index contributed by atoms with van der Waals surface area (Å²) in [6.07, 6.45) is 3.04. The van der Waals surface area contributed by atoms with Gasteiger partial charge in [-0.2, -0.15) is 5.10 Å². The number of methoxy groups -OCH3 is 1. The molecule has 0 bridgehead atoms. The van der Waals surface area contributed by atoms with Crippen molar-refractivity contribution in [1.29, 1.82) is 0 Å². The minimum Gasteiger partial charge on any atom is -0.480 e. The lowest BCUT2D eigenvalue weighted by Gasteiger charge is -2.11. The number of hydrogen-bond acceptors (Lipinski definition) is 4. The van der Waals surface area contributed by atoms with Crippen LogP contribution in [-0.2, 0) is 0 Å². The molecule has 6 heteroatoms. The van der Waals surface area contributed by atoms with E-state index in [0.717, 1.165) is 0 Å². The molecule has 0 aliphatic rings. The second-order valence-electron chi connectivity index (χ2n) is 4.27. The van der Waals surface area contributed by atoms with Crippen molar-refractivity contribution >= 4 is 17.4 Å². The molecule has 0 amide bonds. The lowest BCUT2D eigenvalue weighted by atomic mass is 10.1. The molecule has 0 aliphatic carbocycles. The van der Waals surface area contributed by atoms with E-state index in [4.69, 9.17) is 16.3 Å². The van der Waals surface area contributed by atoms with Gasteiger partial charge in [0.1, 0.15) is 5.69 Å². The van der Waals surface area contributed by atoms with Crippen LogP contribution in [-0.4, -0.2) is 27.7 Å². The molecule has 2 aromatic rings. The van der Waals surface area contributed by atoms with Gasteiger partial charge in [-0.05, 0) is 26.0 Å². The maximum Gasteiger partial charge on any atom is 0.224 e. The van der Waals surface area contributed by atoms with E-state index in [1.807, 2.05) is 13.8 Å². The van der Waals surface area contributed by atoms with Crippen LogP contribution in [0, 0.1) is 0 Å². The Morgan fingerprint density at radius 2 is 2.21 bits per heavy atom. The summed E-state index contributed by atoms with van der Waals surface area (Å²) in [4.78, 5) is 16.6. The number of carbonyl (C=O) groups is 1. The molecule has 100 valence electrons. The summed E-state index contributed by atoms with van der Waals surface area (Å²) < 4.78 is 6.69. The van der Waals surface area contributed by atoms with Gasteiger partial charge in [0.2, 0.25) is 11.7 Å². The van der Waals surface area contributed by atoms with Crippen molar-refractivity contribution in [3.05, 3.63) is 40.8 Å². The minimum atomic E-state index is -0.249. The molecule has 0 unspecified atom stereocenters. The fourth-order valence-corrected chi connectivity index (χ4v) is 2.02. The molecule has 0 spiro atoms. The van der Waals surface area contributed by atoms with E-state index in [1.165, 1.54) is 13.3 Å². The quantitative estimate of drug-likeness (QED) is 0.808. The van der Waals surface area contributed by atoms with Gasteiger partial charge in [0.25, 0.3) is 0 Å². The number of carbonyl (C=O) groups excluding carboxylic acids is 1. The van der Waals surface area contributed by atoms with Gasteiger partial charge in [0.05, 0.1) is 23.9 Å². The monoisotopic (exact) mass is 279 g/mol. The first-order chi connectivity index (χ1) is 9.06. The van der Waals surface area contributed by atoms with Crippen molar-refractivity contribution in [3.8, 4) is 5.88 Å². The number of halogens is 1. The first-order valence-electron chi connectivity index (χ1n) is 5.83. The van der Waals surface area contributed by atoms with Gasteiger partial charge in [0, 0.05) is 12.2 Å². The second kappa shape index (κ2) is 5.40. The molecule has 0 aromatic carbocycles. The molecule has 2 heterocycles. The molecule has 0 radical (unpaired) electrons. The van der Waals surface area contributed by atoms with Crippen LogP contribution in [0.25, 0.3) is 0 Å². The second-order valence-corrected chi connectivity index (χ2v) is 4.68. The van der Waals surface area contributed by atoms with E-state index < -0.39 is 0 Å². The molecule has 19 heavy (non-hydrogen) atoms. The molecule has 0 fully saturated rings. The van der Waals surface area contributed by atoms with Gasteiger partial charge in [-0.3, -0.25) is 9.48 Å². The van der Waals surface area contributed by atoms with Crippen LogP contribution in [0.3, 0.4) is 0 Å². The Hall–Kier alpha value is -1.88. The first-order valence-corrected chi connectivity index (χ1v) is 6.20. The van der Waals surface area contributed by atoms with Crippen LogP contribution in [0.5, 0.6) is 5.88 Å². The van der Waals surface area contributed by atoms with Crippen molar-refractivity contribution in [3.63, 3.8) is 0 Å². The zero-order valence-electron chi connectivity index (χ0n) is 10.9. The molecule has 0 aliphatic heterocycles. The molecule has 2 rings (SSSR count). The highest BCUT2D eigenvalue weighted by Gasteiger charge is 2.23. The van der Waals surface area contributed by atoms with Gasteiger partial charge < -0.3 is 4.74 Å². The van der Waals surface area contributed by atoms with Crippen molar-refractivity contribution in [2.24, 2.45) is 0 Å². The number of hydrogen-bond donors (Lipinski definition) is 0. The van der Waals surface area contributed by atoms with Crippen LogP contribution in [0.4, 0.5) is 0 Å². The van der Waals surface area contributed by atoms with Crippen molar-refractivity contribution in [1.82, 2.24) is 14.8 Å². The van der Waals surface area contributed by atoms with Gasteiger partial charge in [-0.15, -0.1) is 0 Å². The van der Waals surface area contributed by atoms with Crippen molar-refractivity contribution in [2.45, 2.75) is 19.9 Å².